The molecule has 8 heteroatoms. The number of piperazine rings is 1. The minimum absolute atomic E-state index is 0.122. The molecule has 1 atom stereocenters. The Hall–Kier alpha value is -3.75. The summed E-state index contributed by atoms with van der Waals surface area (Å²) in [5.41, 5.74) is 5.10. The molecule has 0 bridgehead atoms. The molecule has 3 aliphatic rings. The van der Waals surface area contributed by atoms with Crippen molar-refractivity contribution >= 4 is 17.8 Å². The van der Waals surface area contributed by atoms with E-state index in [1.54, 1.807) is 19.4 Å². The van der Waals surface area contributed by atoms with Crippen LogP contribution in [0.2, 0.25) is 0 Å². The van der Waals surface area contributed by atoms with E-state index >= 15 is 0 Å². The molecule has 0 aromatic carbocycles. The molecule has 3 fully saturated rings. The Kier molecular flexibility index (Phi) is 6.95. The standard InChI is InChI=1S/C29H32N6O2/c1-4-22-13-23(21(14-30)16-32-22)27-18(2)24(15-31)29(33-28(27)20-7-8-20)34-10-11-35(26(36)9-12-37-3)25(17-34)19-5-6-19/h4,13,16,19-20,25H,1,5-12,17H2,2-3H3. The molecular weight excluding hydrogens is 464 g/mol. The van der Waals surface area contributed by atoms with Crippen LogP contribution in [0, 0.1) is 35.5 Å². The van der Waals surface area contributed by atoms with Gasteiger partial charge in [0.15, 0.2) is 0 Å². The minimum Gasteiger partial charge on any atom is -0.384 e. The van der Waals surface area contributed by atoms with E-state index in [9.17, 15) is 15.3 Å². The van der Waals surface area contributed by atoms with Gasteiger partial charge < -0.3 is 14.5 Å². The van der Waals surface area contributed by atoms with Crippen molar-refractivity contribution in [1.29, 1.82) is 10.5 Å². The summed E-state index contributed by atoms with van der Waals surface area (Å²) < 4.78 is 5.14. The average molecular weight is 497 g/mol. The number of nitriles is 2. The molecule has 0 radical (unpaired) electrons. The summed E-state index contributed by atoms with van der Waals surface area (Å²) in [5, 5.41) is 20.1. The SMILES string of the molecule is C=Cc1cc(-c2c(C3CC3)nc(N3CCN(C(=O)CCOC)C(C4CC4)C3)c(C#N)c2C)c(C#N)cn1. The van der Waals surface area contributed by atoms with Gasteiger partial charge in [0.1, 0.15) is 18.0 Å². The number of methoxy groups -OCH3 is 1. The fourth-order valence-electron chi connectivity index (χ4n) is 5.47. The maximum atomic E-state index is 12.9. The first-order chi connectivity index (χ1) is 18.0. The first-order valence-electron chi connectivity index (χ1n) is 13.0. The molecule has 2 aromatic rings. The molecule has 8 nitrogen and oxygen atoms in total. The Morgan fingerprint density at radius 3 is 2.65 bits per heavy atom. The number of hydrogen-bond acceptors (Lipinski definition) is 7. The van der Waals surface area contributed by atoms with Crippen molar-refractivity contribution in [3.63, 3.8) is 0 Å². The first-order valence-corrected chi connectivity index (χ1v) is 13.0. The van der Waals surface area contributed by atoms with Crippen LogP contribution in [-0.4, -0.2) is 60.2 Å². The maximum absolute atomic E-state index is 12.9. The topological polar surface area (TPSA) is 106 Å². The highest BCUT2D eigenvalue weighted by atomic mass is 16.5. The molecule has 1 aliphatic heterocycles. The summed E-state index contributed by atoms with van der Waals surface area (Å²) >= 11 is 0. The first kappa shape index (κ1) is 24.9. The molecule has 1 unspecified atom stereocenters. The highest BCUT2D eigenvalue weighted by Crippen LogP contribution is 2.47. The van der Waals surface area contributed by atoms with E-state index < -0.39 is 0 Å². The van der Waals surface area contributed by atoms with Gasteiger partial charge in [-0.05, 0) is 56.2 Å². The van der Waals surface area contributed by atoms with Gasteiger partial charge in [-0.1, -0.05) is 6.58 Å². The lowest BCUT2D eigenvalue weighted by Gasteiger charge is -2.43. The van der Waals surface area contributed by atoms with E-state index in [1.807, 2.05) is 17.9 Å². The molecular formula is C29H32N6O2. The largest absolute Gasteiger partial charge is 0.384 e. The number of aromatic nitrogens is 2. The zero-order chi connectivity index (χ0) is 26.1. The van der Waals surface area contributed by atoms with Crippen LogP contribution in [0.25, 0.3) is 17.2 Å². The molecule has 2 aromatic heterocycles. The summed E-state index contributed by atoms with van der Waals surface area (Å²) in [5.74, 6) is 1.65. The van der Waals surface area contributed by atoms with Gasteiger partial charge in [0.05, 0.1) is 41.6 Å². The second kappa shape index (κ2) is 10.3. The molecule has 2 aliphatic carbocycles. The Bertz CT molecular complexity index is 1320. The number of carbonyl (C=O) groups is 1. The van der Waals surface area contributed by atoms with Gasteiger partial charge in [-0.25, -0.2) is 4.98 Å². The number of rotatable bonds is 8. The van der Waals surface area contributed by atoms with E-state index in [4.69, 9.17) is 9.72 Å². The van der Waals surface area contributed by atoms with E-state index in [0.717, 1.165) is 48.1 Å². The highest BCUT2D eigenvalue weighted by molar-refractivity contribution is 5.81. The van der Waals surface area contributed by atoms with Crippen molar-refractivity contribution in [2.75, 3.05) is 38.3 Å². The predicted molar refractivity (Wildman–Crippen MR) is 141 cm³/mol. The third kappa shape index (κ3) is 4.82. The third-order valence-electron chi connectivity index (χ3n) is 7.78. The summed E-state index contributed by atoms with van der Waals surface area (Å²) in [4.78, 5) is 26.6. The van der Waals surface area contributed by atoms with Gasteiger partial charge >= 0.3 is 0 Å². The predicted octanol–water partition coefficient (Wildman–Crippen LogP) is 4.18. The fraction of sp³-hybridized carbons (Fsp3) is 0.483. The second-order valence-corrected chi connectivity index (χ2v) is 10.2. The van der Waals surface area contributed by atoms with Gasteiger partial charge in [-0.3, -0.25) is 9.78 Å². The van der Waals surface area contributed by atoms with E-state index in [0.29, 0.717) is 67.1 Å². The Morgan fingerprint density at radius 2 is 2.03 bits per heavy atom. The molecule has 2 saturated carbocycles. The maximum Gasteiger partial charge on any atom is 0.225 e. The molecule has 1 saturated heterocycles. The van der Waals surface area contributed by atoms with Crippen molar-refractivity contribution in [2.24, 2.45) is 5.92 Å². The Labute approximate surface area is 218 Å². The van der Waals surface area contributed by atoms with E-state index in [-0.39, 0.29) is 11.9 Å². The van der Waals surface area contributed by atoms with Crippen LogP contribution in [0.1, 0.15) is 66.1 Å². The molecule has 37 heavy (non-hydrogen) atoms. The molecule has 190 valence electrons. The monoisotopic (exact) mass is 496 g/mol. The highest BCUT2D eigenvalue weighted by Gasteiger charge is 2.42. The number of pyridine rings is 2. The van der Waals surface area contributed by atoms with Gasteiger partial charge in [-0.2, -0.15) is 10.5 Å². The molecule has 1 amide bonds. The fourth-order valence-corrected chi connectivity index (χ4v) is 5.47. The van der Waals surface area contributed by atoms with Crippen LogP contribution >= 0.6 is 0 Å². The quantitative estimate of drug-likeness (QED) is 0.540. The van der Waals surface area contributed by atoms with Crippen LogP contribution in [0.4, 0.5) is 5.82 Å². The van der Waals surface area contributed by atoms with Crippen LogP contribution < -0.4 is 4.90 Å². The van der Waals surface area contributed by atoms with Crippen molar-refractivity contribution in [3.8, 4) is 23.3 Å². The van der Waals surface area contributed by atoms with Gasteiger partial charge in [0.25, 0.3) is 0 Å². The van der Waals surface area contributed by atoms with Crippen LogP contribution in [0.3, 0.4) is 0 Å². The lowest BCUT2D eigenvalue weighted by Crippen LogP contribution is -2.56. The number of ether oxygens (including phenoxy) is 1. The number of hydrogen-bond donors (Lipinski definition) is 0. The lowest BCUT2D eigenvalue weighted by molar-refractivity contribution is -0.135. The summed E-state index contributed by atoms with van der Waals surface area (Å²) in [6.45, 7) is 8.13. The van der Waals surface area contributed by atoms with Gasteiger partial charge in [0, 0.05) is 50.0 Å². The normalized spacial score (nSPS) is 19.3. The minimum atomic E-state index is 0.122. The zero-order valence-corrected chi connectivity index (χ0v) is 21.5. The summed E-state index contributed by atoms with van der Waals surface area (Å²) in [7, 11) is 1.62. The molecule has 0 N–H and O–H groups in total. The second-order valence-electron chi connectivity index (χ2n) is 10.2. The van der Waals surface area contributed by atoms with Crippen LogP contribution in [0.5, 0.6) is 0 Å². The number of anilines is 1. The van der Waals surface area contributed by atoms with Crippen molar-refractivity contribution in [2.45, 2.75) is 51.0 Å². The van der Waals surface area contributed by atoms with Gasteiger partial charge in [-0.15, -0.1) is 0 Å². The number of carbonyl (C=O) groups excluding carboxylic acids is 1. The zero-order valence-electron chi connectivity index (χ0n) is 21.5. The number of nitrogens with zero attached hydrogens (tertiary/aromatic N) is 6. The van der Waals surface area contributed by atoms with Crippen molar-refractivity contribution in [3.05, 3.63) is 46.9 Å². The van der Waals surface area contributed by atoms with E-state index in [2.05, 4.69) is 28.6 Å². The summed E-state index contributed by atoms with van der Waals surface area (Å²) in [6.07, 6.45) is 7.96. The van der Waals surface area contributed by atoms with Gasteiger partial charge in [0.2, 0.25) is 5.91 Å². The van der Waals surface area contributed by atoms with Crippen LogP contribution in [-0.2, 0) is 9.53 Å². The lowest BCUT2D eigenvalue weighted by atomic mass is 9.91. The van der Waals surface area contributed by atoms with Crippen molar-refractivity contribution < 1.29 is 9.53 Å². The van der Waals surface area contributed by atoms with Crippen LogP contribution in [0.15, 0.2) is 18.8 Å². The Balaban J connectivity index is 1.56. The molecule has 5 rings (SSSR count). The smallest absolute Gasteiger partial charge is 0.225 e. The third-order valence-corrected chi connectivity index (χ3v) is 7.78. The molecule has 0 spiro atoms. The number of amides is 1. The average Bonchev–Trinajstić information content (AvgIpc) is 3.84. The van der Waals surface area contributed by atoms with Crippen molar-refractivity contribution in [1.82, 2.24) is 14.9 Å². The summed E-state index contributed by atoms with van der Waals surface area (Å²) in [6, 6.07) is 6.68. The van der Waals surface area contributed by atoms with E-state index in [1.165, 1.54) is 0 Å². The Morgan fingerprint density at radius 1 is 1.24 bits per heavy atom. The molecule has 3 heterocycles.